The quantitative estimate of drug-likeness (QED) is 0.736. The molecule has 0 aliphatic carbocycles. The van der Waals surface area contributed by atoms with E-state index in [1.54, 1.807) is 12.1 Å². The van der Waals surface area contributed by atoms with E-state index < -0.39 is 17.9 Å². The summed E-state index contributed by atoms with van der Waals surface area (Å²) in [7, 11) is 0. The zero-order valence-electron chi connectivity index (χ0n) is 13.1. The SMILES string of the molecule is Cc1cc(C)cc(NC(=O)C(=O)NCCC(O)c2ccsc2)c1. The summed E-state index contributed by atoms with van der Waals surface area (Å²) in [5.74, 6) is -1.42. The van der Waals surface area contributed by atoms with Gasteiger partial charge in [-0.2, -0.15) is 11.3 Å². The molecule has 23 heavy (non-hydrogen) atoms. The van der Waals surface area contributed by atoms with Crippen molar-refractivity contribution in [2.24, 2.45) is 0 Å². The van der Waals surface area contributed by atoms with Gasteiger partial charge in [-0.1, -0.05) is 6.07 Å². The maximum atomic E-state index is 11.9. The lowest BCUT2D eigenvalue weighted by atomic mass is 10.1. The summed E-state index contributed by atoms with van der Waals surface area (Å²) >= 11 is 1.50. The molecule has 122 valence electrons. The van der Waals surface area contributed by atoms with Crippen molar-refractivity contribution in [2.45, 2.75) is 26.4 Å². The summed E-state index contributed by atoms with van der Waals surface area (Å²) < 4.78 is 0. The summed E-state index contributed by atoms with van der Waals surface area (Å²) in [4.78, 5) is 23.6. The average molecular weight is 332 g/mol. The summed E-state index contributed by atoms with van der Waals surface area (Å²) in [5.41, 5.74) is 3.45. The fourth-order valence-corrected chi connectivity index (χ4v) is 2.98. The van der Waals surface area contributed by atoms with Gasteiger partial charge in [-0.3, -0.25) is 9.59 Å². The van der Waals surface area contributed by atoms with E-state index >= 15 is 0 Å². The second-order valence-electron chi connectivity index (χ2n) is 5.45. The van der Waals surface area contributed by atoms with E-state index in [9.17, 15) is 14.7 Å². The van der Waals surface area contributed by atoms with Crippen LogP contribution < -0.4 is 10.6 Å². The van der Waals surface area contributed by atoms with Gasteiger partial charge in [0.05, 0.1) is 6.10 Å². The van der Waals surface area contributed by atoms with E-state index in [-0.39, 0.29) is 6.54 Å². The minimum atomic E-state index is -0.708. The van der Waals surface area contributed by atoms with Gasteiger partial charge in [0.15, 0.2) is 0 Å². The van der Waals surface area contributed by atoms with Gasteiger partial charge in [0.1, 0.15) is 0 Å². The number of thiophene rings is 1. The first-order valence-electron chi connectivity index (χ1n) is 7.33. The monoisotopic (exact) mass is 332 g/mol. The van der Waals surface area contributed by atoms with Crippen molar-refractivity contribution in [2.75, 3.05) is 11.9 Å². The molecule has 2 amide bonds. The van der Waals surface area contributed by atoms with Crippen molar-refractivity contribution in [3.63, 3.8) is 0 Å². The van der Waals surface area contributed by atoms with Crippen LogP contribution in [0.4, 0.5) is 5.69 Å². The summed E-state index contributed by atoms with van der Waals surface area (Å²) in [6.07, 6.45) is -0.275. The Kier molecular flexibility index (Phi) is 5.90. The van der Waals surface area contributed by atoms with E-state index in [1.165, 1.54) is 11.3 Å². The van der Waals surface area contributed by atoms with Crippen LogP contribution in [0.5, 0.6) is 0 Å². The topological polar surface area (TPSA) is 78.4 Å². The molecule has 1 atom stereocenters. The van der Waals surface area contributed by atoms with Crippen LogP contribution in [0.15, 0.2) is 35.0 Å². The van der Waals surface area contributed by atoms with E-state index in [1.807, 2.05) is 36.7 Å². The van der Waals surface area contributed by atoms with Crippen LogP contribution in [0.1, 0.15) is 29.2 Å². The second kappa shape index (κ2) is 7.89. The molecule has 0 aliphatic heterocycles. The van der Waals surface area contributed by atoms with Gasteiger partial charge >= 0.3 is 11.8 Å². The number of rotatable bonds is 5. The third-order valence-corrected chi connectivity index (χ3v) is 4.02. The third kappa shape index (κ3) is 5.19. The Hall–Kier alpha value is -2.18. The number of hydrogen-bond donors (Lipinski definition) is 3. The number of hydrogen-bond acceptors (Lipinski definition) is 4. The third-order valence-electron chi connectivity index (χ3n) is 3.32. The number of carbonyl (C=O) groups excluding carboxylic acids is 2. The molecule has 0 saturated heterocycles. The molecule has 0 saturated carbocycles. The van der Waals surface area contributed by atoms with Gasteiger partial charge < -0.3 is 15.7 Å². The largest absolute Gasteiger partial charge is 0.388 e. The number of benzene rings is 1. The predicted molar refractivity (Wildman–Crippen MR) is 91.5 cm³/mol. The molecular formula is C17H20N2O3S. The molecule has 5 nitrogen and oxygen atoms in total. The van der Waals surface area contributed by atoms with Crippen molar-refractivity contribution < 1.29 is 14.7 Å². The molecule has 1 aromatic carbocycles. The second-order valence-corrected chi connectivity index (χ2v) is 6.23. The first-order chi connectivity index (χ1) is 11.0. The van der Waals surface area contributed by atoms with Gasteiger partial charge in [0.25, 0.3) is 0 Å². The van der Waals surface area contributed by atoms with Gasteiger partial charge in [0.2, 0.25) is 0 Å². The summed E-state index contributed by atoms with van der Waals surface area (Å²) in [6.45, 7) is 4.08. The minimum absolute atomic E-state index is 0.232. The van der Waals surface area contributed by atoms with E-state index in [0.29, 0.717) is 12.1 Å². The highest BCUT2D eigenvalue weighted by Crippen LogP contribution is 2.18. The molecule has 0 bridgehead atoms. The molecule has 0 spiro atoms. The summed E-state index contributed by atoms with van der Waals surface area (Å²) in [6, 6.07) is 7.43. The molecule has 0 fully saturated rings. The first-order valence-corrected chi connectivity index (χ1v) is 8.27. The van der Waals surface area contributed by atoms with Gasteiger partial charge in [-0.25, -0.2) is 0 Å². The Labute approximate surface area is 139 Å². The first kappa shape index (κ1) is 17.2. The fraction of sp³-hybridized carbons (Fsp3) is 0.294. The highest BCUT2D eigenvalue weighted by atomic mass is 32.1. The van der Waals surface area contributed by atoms with Crippen LogP contribution in [0.25, 0.3) is 0 Å². The molecule has 3 N–H and O–H groups in total. The number of amides is 2. The number of nitrogens with one attached hydrogen (secondary N) is 2. The molecule has 2 rings (SSSR count). The molecule has 6 heteroatoms. The number of anilines is 1. The Bertz CT molecular complexity index is 663. The van der Waals surface area contributed by atoms with Gasteiger partial charge in [-0.15, -0.1) is 0 Å². The Morgan fingerprint density at radius 2 is 1.87 bits per heavy atom. The van der Waals surface area contributed by atoms with E-state index in [2.05, 4.69) is 10.6 Å². The summed E-state index contributed by atoms with van der Waals surface area (Å²) in [5, 5.41) is 18.8. The number of aryl methyl sites for hydroxylation is 2. The molecule has 0 radical (unpaired) electrons. The predicted octanol–water partition coefficient (Wildman–Crippen LogP) is 2.54. The highest BCUT2D eigenvalue weighted by molar-refractivity contribution is 7.07. The average Bonchev–Trinajstić information content (AvgIpc) is 3.00. The van der Waals surface area contributed by atoms with Gasteiger partial charge in [-0.05, 0) is 65.9 Å². The van der Waals surface area contributed by atoms with Crippen LogP contribution in [-0.2, 0) is 9.59 Å². The molecular weight excluding hydrogens is 312 g/mol. The van der Waals surface area contributed by atoms with Crippen LogP contribution in [0, 0.1) is 13.8 Å². The van der Waals surface area contributed by atoms with Crippen molar-refractivity contribution in [1.82, 2.24) is 5.32 Å². The lowest BCUT2D eigenvalue weighted by Crippen LogP contribution is -2.36. The van der Waals surface area contributed by atoms with Crippen molar-refractivity contribution in [3.05, 3.63) is 51.7 Å². The molecule has 1 aromatic heterocycles. The van der Waals surface area contributed by atoms with Crippen LogP contribution in [0.2, 0.25) is 0 Å². The van der Waals surface area contributed by atoms with Crippen molar-refractivity contribution >= 4 is 28.8 Å². The standard InChI is InChI=1S/C17H20N2O3S/c1-11-7-12(2)9-14(8-11)19-17(22)16(21)18-5-3-15(20)13-4-6-23-10-13/h4,6-10,15,20H,3,5H2,1-2H3,(H,18,21)(H,19,22). The fourth-order valence-electron chi connectivity index (χ4n) is 2.27. The Morgan fingerprint density at radius 1 is 1.17 bits per heavy atom. The maximum Gasteiger partial charge on any atom is 0.313 e. The molecule has 0 aliphatic rings. The number of aliphatic hydroxyl groups is 1. The van der Waals surface area contributed by atoms with Crippen molar-refractivity contribution in [3.8, 4) is 0 Å². The van der Waals surface area contributed by atoms with Crippen LogP contribution >= 0.6 is 11.3 Å². The van der Waals surface area contributed by atoms with E-state index in [0.717, 1.165) is 16.7 Å². The van der Waals surface area contributed by atoms with Gasteiger partial charge in [0, 0.05) is 12.2 Å². The number of carbonyl (C=O) groups is 2. The smallest absolute Gasteiger partial charge is 0.313 e. The molecule has 1 unspecified atom stereocenters. The Balaban J connectivity index is 1.80. The highest BCUT2D eigenvalue weighted by Gasteiger charge is 2.15. The van der Waals surface area contributed by atoms with Crippen molar-refractivity contribution in [1.29, 1.82) is 0 Å². The number of aliphatic hydroxyl groups excluding tert-OH is 1. The lowest BCUT2D eigenvalue weighted by molar-refractivity contribution is -0.136. The lowest BCUT2D eigenvalue weighted by Gasteiger charge is -2.10. The molecule has 2 aromatic rings. The van der Waals surface area contributed by atoms with Crippen LogP contribution in [-0.4, -0.2) is 23.5 Å². The molecule has 1 heterocycles. The maximum absolute atomic E-state index is 11.9. The zero-order valence-corrected chi connectivity index (χ0v) is 13.9. The minimum Gasteiger partial charge on any atom is -0.388 e. The van der Waals surface area contributed by atoms with Crippen LogP contribution in [0.3, 0.4) is 0 Å². The van der Waals surface area contributed by atoms with E-state index in [4.69, 9.17) is 0 Å². The Morgan fingerprint density at radius 3 is 2.48 bits per heavy atom. The normalized spacial score (nSPS) is 11.8. The zero-order chi connectivity index (χ0) is 16.8.